The van der Waals surface area contributed by atoms with E-state index in [0.29, 0.717) is 11.1 Å². The smallest absolute Gasteiger partial charge is 0.258 e. The number of halogens is 1. The summed E-state index contributed by atoms with van der Waals surface area (Å²) in [5.41, 5.74) is 0.451. The lowest BCUT2D eigenvalue weighted by molar-refractivity contribution is -0.387. The Bertz CT molecular complexity index is 524. The molecule has 5 nitrogen and oxygen atoms in total. The van der Waals surface area contributed by atoms with Gasteiger partial charge in [0.15, 0.2) is 4.90 Å². The van der Waals surface area contributed by atoms with E-state index >= 15 is 0 Å². The molecule has 0 aromatic heterocycles. The molecule has 0 amide bonds. The predicted octanol–water partition coefficient (Wildman–Crippen LogP) is 2.14. The SMILES string of the molecule is Cc1ccc([N+](=O)[O-])c(S(=O)(=O)Cl)c1C. The lowest BCUT2D eigenvalue weighted by atomic mass is 10.1. The minimum Gasteiger partial charge on any atom is -0.258 e. The van der Waals surface area contributed by atoms with E-state index in [1.165, 1.54) is 13.0 Å². The fourth-order valence-electron chi connectivity index (χ4n) is 1.23. The van der Waals surface area contributed by atoms with Gasteiger partial charge in [0.2, 0.25) is 0 Å². The maximum atomic E-state index is 11.2. The van der Waals surface area contributed by atoms with E-state index in [-0.39, 0.29) is 0 Å². The molecule has 0 aliphatic rings. The average Bonchev–Trinajstić information content (AvgIpc) is 2.06. The van der Waals surface area contributed by atoms with Gasteiger partial charge in [-0.1, -0.05) is 6.07 Å². The van der Waals surface area contributed by atoms with Gasteiger partial charge < -0.3 is 0 Å². The van der Waals surface area contributed by atoms with Crippen LogP contribution in [-0.4, -0.2) is 13.3 Å². The van der Waals surface area contributed by atoms with E-state index in [1.54, 1.807) is 6.92 Å². The highest BCUT2D eigenvalue weighted by atomic mass is 35.7. The molecule has 0 atom stereocenters. The fourth-order valence-corrected chi connectivity index (χ4v) is 2.73. The van der Waals surface area contributed by atoms with Gasteiger partial charge in [-0.2, -0.15) is 0 Å². The standard InChI is InChI=1S/C8H8ClNO4S/c1-5-3-4-7(10(11)12)8(6(5)2)15(9,13)14/h3-4H,1-2H3. The van der Waals surface area contributed by atoms with Crippen LogP contribution in [0.15, 0.2) is 17.0 Å². The third-order valence-electron chi connectivity index (χ3n) is 2.10. The van der Waals surface area contributed by atoms with Crippen molar-refractivity contribution in [2.45, 2.75) is 18.7 Å². The Morgan fingerprint density at radius 2 is 1.87 bits per heavy atom. The topological polar surface area (TPSA) is 77.3 Å². The second kappa shape index (κ2) is 3.79. The molecule has 82 valence electrons. The van der Waals surface area contributed by atoms with Crippen LogP contribution in [0.4, 0.5) is 5.69 Å². The summed E-state index contributed by atoms with van der Waals surface area (Å²) < 4.78 is 22.4. The second-order valence-corrected chi connectivity index (χ2v) is 5.55. The minimum absolute atomic E-state index is 0.305. The van der Waals surface area contributed by atoms with Gasteiger partial charge in [0.1, 0.15) is 0 Å². The molecule has 7 heteroatoms. The van der Waals surface area contributed by atoms with Crippen molar-refractivity contribution in [3.63, 3.8) is 0 Å². The Morgan fingerprint density at radius 3 is 2.27 bits per heavy atom. The number of aryl methyl sites for hydroxylation is 1. The molecule has 0 saturated carbocycles. The number of benzene rings is 1. The van der Waals surface area contributed by atoms with Gasteiger partial charge in [-0.15, -0.1) is 0 Å². The van der Waals surface area contributed by atoms with Crippen LogP contribution in [0, 0.1) is 24.0 Å². The summed E-state index contributed by atoms with van der Waals surface area (Å²) in [6.45, 7) is 3.14. The van der Waals surface area contributed by atoms with Crippen LogP contribution in [-0.2, 0) is 9.05 Å². The van der Waals surface area contributed by atoms with Crippen LogP contribution >= 0.6 is 10.7 Å². The Labute approximate surface area is 91.2 Å². The minimum atomic E-state index is -4.10. The van der Waals surface area contributed by atoms with Crippen molar-refractivity contribution in [1.82, 2.24) is 0 Å². The summed E-state index contributed by atoms with van der Waals surface area (Å²) in [7, 11) is 1.05. The lowest BCUT2D eigenvalue weighted by Crippen LogP contribution is -2.02. The van der Waals surface area contributed by atoms with E-state index in [4.69, 9.17) is 10.7 Å². The molecule has 0 saturated heterocycles. The highest BCUT2D eigenvalue weighted by molar-refractivity contribution is 8.13. The zero-order chi connectivity index (χ0) is 11.8. The first kappa shape index (κ1) is 11.9. The third-order valence-corrected chi connectivity index (χ3v) is 3.56. The molecule has 0 spiro atoms. The quantitative estimate of drug-likeness (QED) is 0.457. The lowest BCUT2D eigenvalue weighted by Gasteiger charge is -2.05. The van der Waals surface area contributed by atoms with Crippen LogP contribution in [0.2, 0.25) is 0 Å². The van der Waals surface area contributed by atoms with E-state index < -0.39 is 24.6 Å². The molecule has 0 aliphatic heterocycles. The highest BCUT2D eigenvalue weighted by Gasteiger charge is 2.26. The van der Waals surface area contributed by atoms with Crippen LogP contribution < -0.4 is 0 Å². The molecule has 1 rings (SSSR count). The Hall–Kier alpha value is -1.14. The molecule has 0 heterocycles. The van der Waals surface area contributed by atoms with Crippen molar-refractivity contribution in [2.75, 3.05) is 0 Å². The van der Waals surface area contributed by atoms with Crippen molar-refractivity contribution in [3.05, 3.63) is 33.4 Å². The Balaban J connectivity index is 3.72. The molecule has 1 aromatic rings. The van der Waals surface area contributed by atoms with Gasteiger partial charge in [-0.25, -0.2) is 8.42 Å². The average molecular weight is 250 g/mol. The molecule has 0 bridgehead atoms. The predicted molar refractivity (Wildman–Crippen MR) is 55.6 cm³/mol. The van der Waals surface area contributed by atoms with Gasteiger partial charge in [-0.05, 0) is 25.0 Å². The molecule has 15 heavy (non-hydrogen) atoms. The molecule has 0 radical (unpaired) electrons. The maximum Gasteiger partial charge on any atom is 0.289 e. The number of hydrogen-bond acceptors (Lipinski definition) is 4. The summed E-state index contributed by atoms with van der Waals surface area (Å²) in [6.07, 6.45) is 0. The molecular weight excluding hydrogens is 242 g/mol. The molecule has 0 fully saturated rings. The number of hydrogen-bond donors (Lipinski definition) is 0. The van der Waals surface area contributed by atoms with E-state index in [0.717, 1.165) is 6.07 Å². The van der Waals surface area contributed by atoms with Gasteiger partial charge in [0, 0.05) is 16.7 Å². The molecule has 0 aliphatic carbocycles. The normalized spacial score (nSPS) is 11.4. The summed E-state index contributed by atoms with van der Waals surface area (Å²) in [4.78, 5) is 9.43. The Morgan fingerprint density at radius 1 is 1.33 bits per heavy atom. The molecule has 0 unspecified atom stereocenters. The number of nitrogens with zero attached hydrogens (tertiary/aromatic N) is 1. The van der Waals surface area contributed by atoms with E-state index in [1.807, 2.05) is 0 Å². The van der Waals surface area contributed by atoms with E-state index in [9.17, 15) is 18.5 Å². The summed E-state index contributed by atoms with van der Waals surface area (Å²) in [6, 6.07) is 2.62. The number of rotatable bonds is 2. The molecule has 1 aromatic carbocycles. The van der Waals surface area contributed by atoms with Crippen LogP contribution in [0.1, 0.15) is 11.1 Å². The van der Waals surface area contributed by atoms with Gasteiger partial charge in [0.05, 0.1) is 4.92 Å². The van der Waals surface area contributed by atoms with E-state index in [2.05, 4.69) is 0 Å². The fraction of sp³-hybridized carbons (Fsp3) is 0.250. The summed E-state index contributed by atoms with van der Waals surface area (Å²) in [5, 5.41) is 10.6. The van der Waals surface area contributed by atoms with Crippen LogP contribution in [0.25, 0.3) is 0 Å². The van der Waals surface area contributed by atoms with Crippen molar-refractivity contribution < 1.29 is 13.3 Å². The van der Waals surface area contributed by atoms with Crippen LogP contribution in [0.3, 0.4) is 0 Å². The first-order chi connectivity index (χ1) is 6.75. The van der Waals surface area contributed by atoms with Gasteiger partial charge in [0.25, 0.3) is 14.7 Å². The van der Waals surface area contributed by atoms with Crippen molar-refractivity contribution in [2.24, 2.45) is 0 Å². The summed E-state index contributed by atoms with van der Waals surface area (Å²) in [5.74, 6) is 0. The summed E-state index contributed by atoms with van der Waals surface area (Å²) >= 11 is 0. The first-order valence-corrected chi connectivity index (χ1v) is 6.25. The van der Waals surface area contributed by atoms with Crippen molar-refractivity contribution in [1.29, 1.82) is 0 Å². The monoisotopic (exact) mass is 249 g/mol. The Kier molecular flexibility index (Phi) is 3.01. The second-order valence-electron chi connectivity index (χ2n) is 3.05. The van der Waals surface area contributed by atoms with Crippen molar-refractivity contribution >= 4 is 25.4 Å². The zero-order valence-corrected chi connectivity index (χ0v) is 9.59. The maximum absolute atomic E-state index is 11.2. The van der Waals surface area contributed by atoms with Gasteiger partial charge >= 0.3 is 0 Å². The zero-order valence-electron chi connectivity index (χ0n) is 8.02. The highest BCUT2D eigenvalue weighted by Crippen LogP contribution is 2.31. The van der Waals surface area contributed by atoms with Crippen molar-refractivity contribution in [3.8, 4) is 0 Å². The number of nitro benzene ring substituents is 1. The largest absolute Gasteiger partial charge is 0.289 e. The first-order valence-electron chi connectivity index (χ1n) is 3.94. The van der Waals surface area contributed by atoms with Crippen LogP contribution in [0.5, 0.6) is 0 Å². The molecule has 0 N–H and O–H groups in total. The molecular formula is C8H8ClNO4S. The third kappa shape index (κ3) is 2.27. The number of nitro groups is 1. The van der Waals surface area contributed by atoms with Gasteiger partial charge in [-0.3, -0.25) is 10.1 Å².